The summed E-state index contributed by atoms with van der Waals surface area (Å²) in [6.07, 6.45) is 1.12. The van der Waals surface area contributed by atoms with Gasteiger partial charge in [0.2, 0.25) is 0 Å². The summed E-state index contributed by atoms with van der Waals surface area (Å²) in [5.41, 5.74) is 1.06. The van der Waals surface area contributed by atoms with Crippen molar-refractivity contribution in [2.45, 2.75) is 13.0 Å². The second-order valence-electron chi connectivity index (χ2n) is 4.34. The van der Waals surface area contributed by atoms with Crippen molar-refractivity contribution in [3.63, 3.8) is 0 Å². The first-order chi connectivity index (χ1) is 8.13. The number of nitrogens with one attached hydrogen (secondary N) is 1. The zero-order valence-electron chi connectivity index (χ0n) is 10.9. The van der Waals surface area contributed by atoms with Crippen molar-refractivity contribution < 1.29 is 9.84 Å². The summed E-state index contributed by atoms with van der Waals surface area (Å²) in [6, 6.07) is 5.47. The van der Waals surface area contributed by atoms with E-state index in [0.29, 0.717) is 5.75 Å². The van der Waals surface area contributed by atoms with Gasteiger partial charge in [0.1, 0.15) is 0 Å². The minimum atomic E-state index is 0.195. The van der Waals surface area contributed by atoms with Crippen LogP contribution in [0.15, 0.2) is 18.2 Å². The van der Waals surface area contributed by atoms with Crippen molar-refractivity contribution >= 4 is 0 Å². The van der Waals surface area contributed by atoms with Gasteiger partial charge in [-0.25, -0.2) is 0 Å². The standard InChI is InChI=1S/C13H22N2O2/c1-15(2)8-4-7-14-10-11-5-6-13(17-3)12(16)9-11/h5-6,9,14,16H,4,7-8,10H2,1-3H3. The van der Waals surface area contributed by atoms with E-state index < -0.39 is 0 Å². The van der Waals surface area contributed by atoms with Crippen LogP contribution in [-0.4, -0.2) is 44.3 Å². The Morgan fingerprint density at radius 2 is 2.12 bits per heavy atom. The minimum absolute atomic E-state index is 0.195. The molecule has 0 atom stereocenters. The van der Waals surface area contributed by atoms with Gasteiger partial charge in [0.05, 0.1) is 7.11 Å². The summed E-state index contributed by atoms with van der Waals surface area (Å²) in [6.45, 7) is 2.83. The van der Waals surface area contributed by atoms with Gasteiger partial charge in [-0.1, -0.05) is 6.07 Å². The molecule has 0 aliphatic heterocycles. The van der Waals surface area contributed by atoms with Crippen LogP contribution < -0.4 is 10.1 Å². The molecule has 0 aliphatic carbocycles. The lowest BCUT2D eigenvalue weighted by Gasteiger charge is -2.10. The average Bonchev–Trinajstić information content (AvgIpc) is 2.28. The molecule has 0 amide bonds. The van der Waals surface area contributed by atoms with Crippen LogP contribution in [0.3, 0.4) is 0 Å². The van der Waals surface area contributed by atoms with Crippen LogP contribution in [0.4, 0.5) is 0 Å². The highest BCUT2D eigenvalue weighted by molar-refractivity contribution is 5.41. The van der Waals surface area contributed by atoms with Crippen molar-refractivity contribution in [3.05, 3.63) is 23.8 Å². The van der Waals surface area contributed by atoms with Crippen molar-refractivity contribution in [3.8, 4) is 11.5 Å². The molecule has 17 heavy (non-hydrogen) atoms. The minimum Gasteiger partial charge on any atom is -0.504 e. The molecule has 0 fully saturated rings. The number of phenols is 1. The summed E-state index contributed by atoms with van der Waals surface area (Å²) in [5.74, 6) is 0.710. The number of phenolic OH excluding ortho intramolecular Hbond substituents is 1. The molecule has 1 rings (SSSR count). The van der Waals surface area contributed by atoms with E-state index in [0.717, 1.165) is 31.6 Å². The predicted octanol–water partition coefficient (Wildman–Crippen LogP) is 1.44. The highest BCUT2D eigenvalue weighted by Gasteiger charge is 2.01. The molecule has 0 saturated heterocycles. The molecule has 2 N–H and O–H groups in total. The monoisotopic (exact) mass is 238 g/mol. The summed E-state index contributed by atoms with van der Waals surface area (Å²) in [7, 11) is 5.69. The van der Waals surface area contributed by atoms with Crippen molar-refractivity contribution in [2.75, 3.05) is 34.3 Å². The highest BCUT2D eigenvalue weighted by atomic mass is 16.5. The number of nitrogens with zero attached hydrogens (tertiary/aromatic N) is 1. The first-order valence-electron chi connectivity index (χ1n) is 5.85. The van der Waals surface area contributed by atoms with E-state index in [1.54, 1.807) is 19.2 Å². The van der Waals surface area contributed by atoms with Crippen LogP contribution in [-0.2, 0) is 6.54 Å². The van der Waals surface area contributed by atoms with Crippen LogP contribution in [0.5, 0.6) is 11.5 Å². The van der Waals surface area contributed by atoms with E-state index in [9.17, 15) is 5.11 Å². The molecular formula is C13H22N2O2. The van der Waals surface area contributed by atoms with Crippen LogP contribution in [0.1, 0.15) is 12.0 Å². The lowest BCUT2D eigenvalue weighted by molar-refractivity contribution is 0.372. The lowest BCUT2D eigenvalue weighted by atomic mass is 10.2. The molecule has 4 nitrogen and oxygen atoms in total. The Hall–Kier alpha value is -1.26. The average molecular weight is 238 g/mol. The largest absolute Gasteiger partial charge is 0.504 e. The van der Waals surface area contributed by atoms with Crippen LogP contribution >= 0.6 is 0 Å². The maximum atomic E-state index is 9.61. The Balaban J connectivity index is 2.30. The van der Waals surface area contributed by atoms with Gasteiger partial charge in [-0.05, 0) is 51.3 Å². The molecule has 0 spiro atoms. The third-order valence-corrected chi connectivity index (χ3v) is 2.53. The number of hydrogen-bond acceptors (Lipinski definition) is 4. The smallest absolute Gasteiger partial charge is 0.160 e. The first-order valence-corrected chi connectivity index (χ1v) is 5.85. The van der Waals surface area contributed by atoms with E-state index in [-0.39, 0.29) is 5.75 Å². The quantitative estimate of drug-likeness (QED) is 0.706. The van der Waals surface area contributed by atoms with Gasteiger partial charge in [-0.2, -0.15) is 0 Å². The molecule has 0 aliphatic rings. The lowest BCUT2D eigenvalue weighted by Crippen LogP contribution is -2.20. The number of ether oxygens (including phenoxy) is 1. The van der Waals surface area contributed by atoms with E-state index in [1.807, 2.05) is 6.07 Å². The zero-order chi connectivity index (χ0) is 12.7. The molecule has 1 aromatic rings. The first kappa shape index (κ1) is 13.8. The van der Waals surface area contributed by atoms with Crippen molar-refractivity contribution in [1.82, 2.24) is 10.2 Å². The molecule has 96 valence electrons. The number of benzene rings is 1. The van der Waals surface area contributed by atoms with Gasteiger partial charge < -0.3 is 20.1 Å². The number of rotatable bonds is 7. The number of hydrogen-bond donors (Lipinski definition) is 2. The molecule has 0 aromatic heterocycles. The predicted molar refractivity (Wildman–Crippen MR) is 69.5 cm³/mol. The van der Waals surface area contributed by atoms with Gasteiger partial charge in [0.15, 0.2) is 11.5 Å². The van der Waals surface area contributed by atoms with Crippen LogP contribution in [0.2, 0.25) is 0 Å². The van der Waals surface area contributed by atoms with Gasteiger partial charge >= 0.3 is 0 Å². The molecule has 4 heteroatoms. The second-order valence-corrected chi connectivity index (χ2v) is 4.34. The summed E-state index contributed by atoms with van der Waals surface area (Å²) < 4.78 is 4.99. The summed E-state index contributed by atoms with van der Waals surface area (Å²) in [5, 5.41) is 13.0. The molecule has 0 radical (unpaired) electrons. The van der Waals surface area contributed by atoms with Gasteiger partial charge in [-0.3, -0.25) is 0 Å². The SMILES string of the molecule is COc1ccc(CNCCCN(C)C)cc1O. The van der Waals surface area contributed by atoms with Crippen LogP contribution in [0.25, 0.3) is 0 Å². The number of aromatic hydroxyl groups is 1. The summed E-state index contributed by atoms with van der Waals surface area (Å²) >= 11 is 0. The molecule has 1 aromatic carbocycles. The van der Waals surface area contributed by atoms with E-state index in [2.05, 4.69) is 24.3 Å². The fourth-order valence-electron chi connectivity index (χ4n) is 1.60. The normalized spacial score (nSPS) is 10.8. The molecule has 0 heterocycles. The second kappa shape index (κ2) is 7.14. The molecule has 0 bridgehead atoms. The zero-order valence-corrected chi connectivity index (χ0v) is 10.9. The van der Waals surface area contributed by atoms with Crippen molar-refractivity contribution in [2.24, 2.45) is 0 Å². The molecule has 0 unspecified atom stereocenters. The Kier molecular flexibility index (Phi) is 5.80. The van der Waals surface area contributed by atoms with E-state index >= 15 is 0 Å². The van der Waals surface area contributed by atoms with Gasteiger partial charge in [0.25, 0.3) is 0 Å². The fraction of sp³-hybridized carbons (Fsp3) is 0.538. The Labute approximate surface area is 103 Å². The Morgan fingerprint density at radius 1 is 1.35 bits per heavy atom. The summed E-state index contributed by atoms with van der Waals surface area (Å²) in [4.78, 5) is 2.17. The van der Waals surface area contributed by atoms with E-state index in [1.165, 1.54) is 0 Å². The van der Waals surface area contributed by atoms with Crippen LogP contribution in [0, 0.1) is 0 Å². The van der Waals surface area contributed by atoms with Gasteiger partial charge in [0, 0.05) is 6.54 Å². The van der Waals surface area contributed by atoms with Crippen molar-refractivity contribution in [1.29, 1.82) is 0 Å². The third kappa shape index (κ3) is 5.06. The highest BCUT2D eigenvalue weighted by Crippen LogP contribution is 2.25. The third-order valence-electron chi connectivity index (χ3n) is 2.53. The fourth-order valence-corrected chi connectivity index (χ4v) is 1.60. The maximum absolute atomic E-state index is 9.61. The van der Waals surface area contributed by atoms with E-state index in [4.69, 9.17) is 4.74 Å². The van der Waals surface area contributed by atoms with Gasteiger partial charge in [-0.15, -0.1) is 0 Å². The Bertz CT molecular complexity index is 340. The number of methoxy groups -OCH3 is 1. The topological polar surface area (TPSA) is 44.7 Å². The Morgan fingerprint density at radius 3 is 2.71 bits per heavy atom. The molecular weight excluding hydrogens is 216 g/mol. The maximum Gasteiger partial charge on any atom is 0.160 e. The molecule has 0 saturated carbocycles.